The second-order valence-corrected chi connectivity index (χ2v) is 10.7. The number of ether oxygens (including phenoxy) is 1. The Bertz CT molecular complexity index is 1970. The molecule has 0 amide bonds. The van der Waals surface area contributed by atoms with E-state index in [1.165, 1.54) is 0 Å². The average Bonchev–Trinajstić information content (AvgIpc) is 3.05. The first-order valence-electron chi connectivity index (χ1n) is 13.8. The number of para-hydroxylation sites is 1. The fraction of sp³-hybridized carbons (Fsp3) is 0.0811. The molecule has 0 saturated heterocycles. The highest BCUT2D eigenvalue weighted by atomic mass is 16.5. The Labute approximate surface area is 245 Å². The van der Waals surface area contributed by atoms with E-state index < -0.39 is 5.60 Å². The molecule has 2 heterocycles. The van der Waals surface area contributed by atoms with E-state index in [0.29, 0.717) is 23.2 Å². The van der Waals surface area contributed by atoms with Gasteiger partial charge in [0.2, 0.25) is 0 Å². The van der Waals surface area contributed by atoms with Gasteiger partial charge < -0.3 is 4.74 Å². The van der Waals surface area contributed by atoms with E-state index in [-0.39, 0.29) is 0 Å². The molecular weight excluding hydrogens is 516 g/mol. The molecule has 0 radical (unpaired) electrons. The lowest BCUT2D eigenvalue weighted by Gasteiger charge is -2.35. The molecule has 5 aromatic carbocycles. The first-order chi connectivity index (χ1) is 20.5. The summed E-state index contributed by atoms with van der Waals surface area (Å²) in [5.74, 6) is 2.39. The zero-order valence-electron chi connectivity index (χ0n) is 23.2. The van der Waals surface area contributed by atoms with Gasteiger partial charge >= 0.3 is 0 Å². The molecule has 1 aromatic heterocycles. The van der Waals surface area contributed by atoms with Crippen molar-refractivity contribution in [1.29, 1.82) is 0 Å². The standard InChI is InChI=1S/C37H26N4O/c1-37(2)32-15-8-7-12-29(32)30-13-9-14-31(33(30)42-37)36-40-34(39-35(41-36)27-20-22-28(38-3)23-21-27)26-18-16-25(17-19-26)24-10-5-4-6-11-24/h4-23H,1-2H3. The monoisotopic (exact) mass is 542 g/mol. The summed E-state index contributed by atoms with van der Waals surface area (Å²) >= 11 is 0. The van der Waals surface area contributed by atoms with Crippen LogP contribution in [0, 0.1) is 6.57 Å². The van der Waals surface area contributed by atoms with Crippen molar-refractivity contribution in [3.8, 4) is 62.2 Å². The van der Waals surface area contributed by atoms with E-state index in [2.05, 4.69) is 67.2 Å². The SMILES string of the molecule is [C-]#[N+]c1ccc(-c2nc(-c3ccc(-c4ccccc4)cc3)nc(-c3cccc4c3OC(C)(C)c3ccccc3-4)n2)cc1. The van der Waals surface area contributed by atoms with Crippen molar-refractivity contribution < 1.29 is 4.74 Å². The molecule has 0 unspecified atom stereocenters. The lowest BCUT2D eigenvalue weighted by Crippen LogP contribution is -2.29. The molecule has 0 atom stereocenters. The zero-order chi connectivity index (χ0) is 28.7. The molecule has 0 saturated carbocycles. The Balaban J connectivity index is 1.40. The van der Waals surface area contributed by atoms with E-state index in [4.69, 9.17) is 26.3 Å². The molecule has 5 heteroatoms. The molecular formula is C37H26N4O. The number of nitrogens with zero attached hydrogens (tertiary/aromatic N) is 4. The lowest BCUT2D eigenvalue weighted by atomic mass is 9.85. The first kappa shape index (κ1) is 25.4. The molecule has 42 heavy (non-hydrogen) atoms. The quantitative estimate of drug-likeness (QED) is 0.208. The fourth-order valence-corrected chi connectivity index (χ4v) is 5.47. The second-order valence-electron chi connectivity index (χ2n) is 10.7. The van der Waals surface area contributed by atoms with Crippen LogP contribution in [0.1, 0.15) is 19.4 Å². The van der Waals surface area contributed by atoms with Crippen LogP contribution in [0.3, 0.4) is 0 Å². The minimum Gasteiger partial charge on any atom is -0.482 e. The molecule has 0 bridgehead atoms. The zero-order valence-corrected chi connectivity index (χ0v) is 23.2. The molecule has 6 aromatic rings. The van der Waals surface area contributed by atoms with Gasteiger partial charge in [0.1, 0.15) is 11.4 Å². The molecule has 1 aliphatic rings. The van der Waals surface area contributed by atoms with Crippen molar-refractivity contribution in [1.82, 2.24) is 15.0 Å². The molecule has 0 spiro atoms. The Morgan fingerprint density at radius 2 is 1.05 bits per heavy atom. The van der Waals surface area contributed by atoms with E-state index in [1.807, 2.05) is 60.7 Å². The Morgan fingerprint density at radius 1 is 0.524 bits per heavy atom. The summed E-state index contributed by atoms with van der Waals surface area (Å²) in [6.45, 7) is 11.5. The third-order valence-corrected chi connectivity index (χ3v) is 7.62. The predicted molar refractivity (Wildman–Crippen MR) is 167 cm³/mol. The van der Waals surface area contributed by atoms with E-state index in [9.17, 15) is 0 Å². The van der Waals surface area contributed by atoms with E-state index in [1.54, 1.807) is 12.1 Å². The summed E-state index contributed by atoms with van der Waals surface area (Å²) in [4.78, 5) is 18.4. The van der Waals surface area contributed by atoms with Gasteiger partial charge in [0.15, 0.2) is 23.2 Å². The summed E-state index contributed by atoms with van der Waals surface area (Å²) in [6.07, 6.45) is 0. The minimum absolute atomic E-state index is 0.527. The topological polar surface area (TPSA) is 52.3 Å². The van der Waals surface area contributed by atoms with Crippen LogP contribution >= 0.6 is 0 Å². The van der Waals surface area contributed by atoms with Crippen molar-refractivity contribution in [3.05, 3.63) is 138 Å². The van der Waals surface area contributed by atoms with E-state index in [0.717, 1.165) is 50.3 Å². The van der Waals surface area contributed by atoms with Gasteiger partial charge in [0.25, 0.3) is 0 Å². The first-order valence-corrected chi connectivity index (χ1v) is 13.8. The van der Waals surface area contributed by atoms with Crippen LogP contribution in [-0.4, -0.2) is 15.0 Å². The number of rotatable bonds is 4. The predicted octanol–water partition coefficient (Wildman–Crippen LogP) is 9.38. The molecule has 0 fully saturated rings. The maximum Gasteiger partial charge on any atom is 0.187 e. The van der Waals surface area contributed by atoms with Gasteiger partial charge in [-0.2, -0.15) is 0 Å². The number of benzene rings is 5. The smallest absolute Gasteiger partial charge is 0.187 e. The van der Waals surface area contributed by atoms with Gasteiger partial charge in [-0.15, -0.1) is 0 Å². The van der Waals surface area contributed by atoms with Crippen LogP contribution in [0.25, 0.3) is 61.3 Å². The molecule has 200 valence electrons. The fourth-order valence-electron chi connectivity index (χ4n) is 5.47. The maximum atomic E-state index is 7.33. The largest absolute Gasteiger partial charge is 0.482 e. The Kier molecular flexibility index (Phi) is 6.10. The normalized spacial score (nSPS) is 12.9. The third kappa shape index (κ3) is 4.49. The average molecular weight is 543 g/mol. The van der Waals surface area contributed by atoms with Crippen LogP contribution in [0.15, 0.2) is 121 Å². The van der Waals surface area contributed by atoms with Crippen molar-refractivity contribution in [2.75, 3.05) is 0 Å². The molecule has 0 N–H and O–H groups in total. The molecule has 0 aliphatic carbocycles. The second kappa shape index (κ2) is 10.1. The maximum absolute atomic E-state index is 7.33. The number of fused-ring (bicyclic) bond motifs is 3. The summed E-state index contributed by atoms with van der Waals surface area (Å²) in [5, 5.41) is 0. The molecule has 5 nitrogen and oxygen atoms in total. The molecule has 7 rings (SSSR count). The van der Waals surface area contributed by atoms with Crippen LogP contribution in [-0.2, 0) is 5.60 Å². The lowest BCUT2D eigenvalue weighted by molar-refractivity contribution is 0.106. The summed E-state index contributed by atoms with van der Waals surface area (Å²) in [5.41, 5.74) is 8.11. The van der Waals surface area contributed by atoms with Crippen LogP contribution in [0.4, 0.5) is 5.69 Å². The van der Waals surface area contributed by atoms with Crippen LogP contribution < -0.4 is 4.74 Å². The van der Waals surface area contributed by atoms with Gasteiger partial charge in [-0.25, -0.2) is 19.8 Å². The van der Waals surface area contributed by atoms with Crippen molar-refractivity contribution in [2.45, 2.75) is 19.4 Å². The third-order valence-electron chi connectivity index (χ3n) is 7.62. The highest BCUT2D eigenvalue weighted by Gasteiger charge is 2.34. The van der Waals surface area contributed by atoms with E-state index >= 15 is 0 Å². The van der Waals surface area contributed by atoms with Crippen LogP contribution in [0.2, 0.25) is 0 Å². The van der Waals surface area contributed by atoms with Crippen molar-refractivity contribution in [2.24, 2.45) is 0 Å². The van der Waals surface area contributed by atoms with Crippen LogP contribution in [0.5, 0.6) is 5.75 Å². The highest BCUT2D eigenvalue weighted by Crippen LogP contribution is 2.48. The Morgan fingerprint density at radius 3 is 1.74 bits per heavy atom. The van der Waals surface area contributed by atoms with Gasteiger partial charge in [0, 0.05) is 22.3 Å². The number of hydrogen-bond acceptors (Lipinski definition) is 4. The summed E-state index contributed by atoms with van der Waals surface area (Å²) < 4.78 is 6.68. The van der Waals surface area contributed by atoms with Crippen molar-refractivity contribution >= 4 is 5.69 Å². The van der Waals surface area contributed by atoms with Gasteiger partial charge in [-0.05, 0) is 36.6 Å². The minimum atomic E-state index is -0.527. The van der Waals surface area contributed by atoms with Gasteiger partial charge in [-0.1, -0.05) is 115 Å². The Hall–Kier alpha value is -5.60. The van der Waals surface area contributed by atoms with Crippen molar-refractivity contribution in [3.63, 3.8) is 0 Å². The number of aromatic nitrogens is 3. The highest BCUT2D eigenvalue weighted by molar-refractivity contribution is 5.84. The molecule has 1 aliphatic heterocycles. The number of hydrogen-bond donors (Lipinski definition) is 0. The summed E-state index contributed by atoms with van der Waals surface area (Å²) in [7, 11) is 0. The van der Waals surface area contributed by atoms with Gasteiger partial charge in [0.05, 0.1) is 12.1 Å². The summed E-state index contributed by atoms with van der Waals surface area (Å²) in [6, 6.07) is 40.4. The van der Waals surface area contributed by atoms with Gasteiger partial charge in [-0.3, -0.25) is 0 Å².